The third-order valence-corrected chi connectivity index (χ3v) is 3.42. The third kappa shape index (κ3) is 2.40. The van der Waals surface area contributed by atoms with E-state index in [9.17, 15) is 0 Å². The van der Waals surface area contributed by atoms with Gasteiger partial charge in [-0.15, -0.1) is 0 Å². The minimum absolute atomic E-state index is 0.452. The van der Waals surface area contributed by atoms with E-state index in [4.69, 9.17) is 16.3 Å². The highest BCUT2D eigenvalue weighted by molar-refractivity contribution is 6.34. The monoisotopic (exact) mass is 263 g/mol. The molecule has 0 radical (unpaired) electrons. The summed E-state index contributed by atoms with van der Waals surface area (Å²) in [7, 11) is 0. The topological polar surface area (TPSA) is 47.0 Å². The van der Waals surface area contributed by atoms with Gasteiger partial charge in [-0.2, -0.15) is 0 Å². The van der Waals surface area contributed by atoms with Gasteiger partial charge in [0, 0.05) is 18.3 Å². The van der Waals surface area contributed by atoms with Crippen molar-refractivity contribution in [1.82, 2.24) is 15.3 Å². The maximum absolute atomic E-state index is 6.04. The SMILES string of the molecule is Clc1ccnc2cc(OCC3CCCN3)cnc12. The van der Waals surface area contributed by atoms with Crippen LogP contribution in [0.3, 0.4) is 0 Å². The average Bonchev–Trinajstić information content (AvgIpc) is 2.90. The van der Waals surface area contributed by atoms with E-state index < -0.39 is 0 Å². The lowest BCUT2D eigenvalue weighted by Gasteiger charge is -2.12. The van der Waals surface area contributed by atoms with Gasteiger partial charge < -0.3 is 10.1 Å². The first-order valence-corrected chi connectivity index (χ1v) is 6.47. The number of nitrogens with zero attached hydrogens (tertiary/aromatic N) is 2. The Morgan fingerprint density at radius 3 is 3.22 bits per heavy atom. The van der Waals surface area contributed by atoms with Crippen molar-refractivity contribution in [2.45, 2.75) is 18.9 Å². The maximum Gasteiger partial charge on any atom is 0.139 e. The van der Waals surface area contributed by atoms with Gasteiger partial charge in [0.15, 0.2) is 0 Å². The summed E-state index contributed by atoms with van der Waals surface area (Å²) in [6, 6.07) is 4.07. The fourth-order valence-electron chi connectivity index (χ4n) is 2.15. The quantitative estimate of drug-likeness (QED) is 0.924. The molecule has 1 unspecified atom stereocenters. The second kappa shape index (κ2) is 5.08. The maximum atomic E-state index is 6.04. The van der Waals surface area contributed by atoms with Gasteiger partial charge in [-0.1, -0.05) is 11.6 Å². The van der Waals surface area contributed by atoms with Crippen LogP contribution in [0, 0.1) is 0 Å². The number of aromatic nitrogens is 2. The summed E-state index contributed by atoms with van der Waals surface area (Å²) in [4.78, 5) is 8.53. The summed E-state index contributed by atoms with van der Waals surface area (Å²) in [6.07, 6.45) is 5.77. The Morgan fingerprint density at radius 1 is 1.44 bits per heavy atom. The van der Waals surface area contributed by atoms with Crippen molar-refractivity contribution in [3.8, 4) is 5.75 Å². The van der Waals surface area contributed by atoms with Gasteiger partial charge in [-0.25, -0.2) is 4.98 Å². The van der Waals surface area contributed by atoms with E-state index in [1.807, 2.05) is 6.07 Å². The van der Waals surface area contributed by atoms with Crippen LogP contribution >= 0.6 is 11.6 Å². The number of hydrogen-bond donors (Lipinski definition) is 1. The molecular formula is C13H14ClN3O. The zero-order valence-electron chi connectivity index (χ0n) is 9.90. The first-order chi connectivity index (χ1) is 8.83. The second-order valence-corrected chi connectivity index (χ2v) is 4.84. The molecule has 1 aliphatic rings. The van der Waals surface area contributed by atoms with Gasteiger partial charge >= 0.3 is 0 Å². The highest BCUT2D eigenvalue weighted by Crippen LogP contribution is 2.22. The molecule has 18 heavy (non-hydrogen) atoms. The summed E-state index contributed by atoms with van der Waals surface area (Å²) < 4.78 is 5.73. The lowest BCUT2D eigenvalue weighted by Crippen LogP contribution is -2.28. The Hall–Kier alpha value is -1.39. The lowest BCUT2D eigenvalue weighted by atomic mass is 10.2. The molecule has 4 nitrogen and oxygen atoms in total. The Labute approximate surface area is 110 Å². The molecule has 0 amide bonds. The molecule has 0 saturated carbocycles. The van der Waals surface area contributed by atoms with Crippen LogP contribution < -0.4 is 10.1 Å². The second-order valence-electron chi connectivity index (χ2n) is 4.44. The summed E-state index contributed by atoms with van der Waals surface area (Å²) in [6.45, 7) is 1.76. The predicted molar refractivity (Wildman–Crippen MR) is 71.1 cm³/mol. The van der Waals surface area contributed by atoms with E-state index >= 15 is 0 Å². The van der Waals surface area contributed by atoms with Crippen LogP contribution in [-0.2, 0) is 0 Å². The van der Waals surface area contributed by atoms with Gasteiger partial charge in [-0.3, -0.25) is 4.98 Å². The number of halogens is 1. The number of fused-ring (bicyclic) bond motifs is 1. The molecule has 0 aromatic carbocycles. The minimum atomic E-state index is 0.452. The molecule has 0 aliphatic carbocycles. The number of hydrogen-bond acceptors (Lipinski definition) is 4. The summed E-state index contributed by atoms with van der Waals surface area (Å²) in [5.74, 6) is 0.742. The number of pyridine rings is 2. The van der Waals surface area contributed by atoms with Crippen LogP contribution in [0.25, 0.3) is 11.0 Å². The van der Waals surface area contributed by atoms with Crippen LogP contribution in [0.15, 0.2) is 24.5 Å². The van der Waals surface area contributed by atoms with Gasteiger partial charge in [0.1, 0.15) is 17.9 Å². The van der Waals surface area contributed by atoms with Crippen molar-refractivity contribution in [2.24, 2.45) is 0 Å². The molecule has 5 heteroatoms. The van der Waals surface area contributed by atoms with Crippen LogP contribution in [0.4, 0.5) is 0 Å². The van der Waals surface area contributed by atoms with Gasteiger partial charge in [-0.05, 0) is 25.5 Å². The predicted octanol–water partition coefficient (Wildman–Crippen LogP) is 2.41. The molecule has 2 aromatic rings. The molecule has 1 fully saturated rings. The molecule has 94 valence electrons. The minimum Gasteiger partial charge on any atom is -0.490 e. The summed E-state index contributed by atoms with van der Waals surface area (Å²) in [5, 5.41) is 4.01. The first kappa shape index (κ1) is 11.7. The lowest BCUT2D eigenvalue weighted by molar-refractivity contribution is 0.276. The highest BCUT2D eigenvalue weighted by atomic mass is 35.5. The van der Waals surface area contributed by atoms with Gasteiger partial charge in [0.05, 0.1) is 16.7 Å². The molecular weight excluding hydrogens is 250 g/mol. The molecule has 2 aromatic heterocycles. The zero-order chi connectivity index (χ0) is 12.4. The Kier molecular flexibility index (Phi) is 3.30. The smallest absolute Gasteiger partial charge is 0.139 e. The van der Waals surface area contributed by atoms with Crippen molar-refractivity contribution in [3.63, 3.8) is 0 Å². The summed E-state index contributed by atoms with van der Waals surface area (Å²) in [5.41, 5.74) is 1.48. The fourth-order valence-corrected chi connectivity index (χ4v) is 2.36. The van der Waals surface area contributed by atoms with Crippen molar-refractivity contribution in [1.29, 1.82) is 0 Å². The highest BCUT2D eigenvalue weighted by Gasteiger charge is 2.14. The molecule has 0 spiro atoms. The zero-order valence-corrected chi connectivity index (χ0v) is 10.7. The number of rotatable bonds is 3. The van der Waals surface area contributed by atoms with E-state index in [-0.39, 0.29) is 0 Å². The van der Waals surface area contributed by atoms with E-state index in [0.29, 0.717) is 23.2 Å². The number of nitrogens with one attached hydrogen (secondary N) is 1. The van der Waals surface area contributed by atoms with E-state index in [1.165, 1.54) is 12.8 Å². The van der Waals surface area contributed by atoms with Crippen LogP contribution in [0.1, 0.15) is 12.8 Å². The normalized spacial score (nSPS) is 19.3. The molecule has 1 saturated heterocycles. The van der Waals surface area contributed by atoms with Crippen LogP contribution in [-0.4, -0.2) is 29.2 Å². The van der Waals surface area contributed by atoms with E-state index in [0.717, 1.165) is 17.8 Å². The molecule has 1 atom stereocenters. The van der Waals surface area contributed by atoms with Crippen molar-refractivity contribution < 1.29 is 4.74 Å². The van der Waals surface area contributed by atoms with E-state index in [2.05, 4.69) is 15.3 Å². The van der Waals surface area contributed by atoms with Crippen molar-refractivity contribution in [2.75, 3.05) is 13.2 Å². The molecule has 1 N–H and O–H groups in total. The standard InChI is InChI=1S/C13H14ClN3O/c14-11-3-5-16-12-6-10(7-17-13(11)12)18-8-9-2-1-4-15-9/h3,5-7,9,15H,1-2,4,8H2. The Bertz CT molecular complexity index is 555. The van der Waals surface area contributed by atoms with Crippen LogP contribution in [0.2, 0.25) is 5.02 Å². The fraction of sp³-hybridized carbons (Fsp3) is 0.385. The summed E-state index contributed by atoms with van der Waals surface area (Å²) >= 11 is 6.04. The van der Waals surface area contributed by atoms with Gasteiger partial charge in [0.2, 0.25) is 0 Å². The Balaban J connectivity index is 1.76. The van der Waals surface area contributed by atoms with Crippen LogP contribution in [0.5, 0.6) is 5.75 Å². The third-order valence-electron chi connectivity index (χ3n) is 3.12. The Morgan fingerprint density at radius 2 is 2.39 bits per heavy atom. The average molecular weight is 264 g/mol. The van der Waals surface area contributed by atoms with Crippen molar-refractivity contribution in [3.05, 3.63) is 29.5 Å². The largest absolute Gasteiger partial charge is 0.490 e. The van der Waals surface area contributed by atoms with Gasteiger partial charge in [0.25, 0.3) is 0 Å². The molecule has 1 aliphatic heterocycles. The molecule has 0 bridgehead atoms. The van der Waals surface area contributed by atoms with E-state index in [1.54, 1.807) is 18.5 Å². The number of ether oxygens (including phenoxy) is 1. The van der Waals surface area contributed by atoms with Crippen molar-refractivity contribution >= 4 is 22.6 Å². The first-order valence-electron chi connectivity index (χ1n) is 6.09. The molecule has 3 rings (SSSR count). The molecule has 3 heterocycles.